The number of halogens is 3. The molecule has 0 aliphatic carbocycles. The molecule has 10 heteroatoms. The maximum Gasteiger partial charge on any atom is 0.236 e. The maximum atomic E-state index is 6.30. The highest BCUT2D eigenvalue weighted by Crippen LogP contribution is 2.38. The minimum Gasteiger partial charge on any atom is -0.496 e. The second-order valence-corrected chi connectivity index (χ2v) is 7.04. The zero-order valence-corrected chi connectivity index (χ0v) is 18.6. The third-order valence-electron chi connectivity index (χ3n) is 4.93. The summed E-state index contributed by atoms with van der Waals surface area (Å²) in [6.07, 6.45) is 5.85. The summed E-state index contributed by atoms with van der Waals surface area (Å²) in [6, 6.07) is 5.86. The molecule has 0 amide bonds. The lowest BCUT2D eigenvalue weighted by Crippen LogP contribution is -2.40. The van der Waals surface area contributed by atoms with Crippen molar-refractivity contribution in [3.05, 3.63) is 35.6 Å². The van der Waals surface area contributed by atoms with E-state index < -0.39 is 0 Å². The van der Waals surface area contributed by atoms with Crippen LogP contribution in [0.1, 0.15) is 12.8 Å². The van der Waals surface area contributed by atoms with Crippen LogP contribution in [-0.2, 0) is 0 Å². The van der Waals surface area contributed by atoms with Crippen molar-refractivity contribution in [3.63, 3.8) is 0 Å². The van der Waals surface area contributed by atoms with Gasteiger partial charge in [-0.15, -0.1) is 24.8 Å². The standard InChI is InChI=1S/C19H22ClN5O2.2ClH/c1-26-16-10-17(27-2)14(20)9-13(16)15-11-25-8-5-18(23-19(25)22-15)24-6-3-12(21)4-7-24;;/h5,8-12H,3-4,6-7,21H2,1-2H3;2*1H. The summed E-state index contributed by atoms with van der Waals surface area (Å²) in [5.41, 5.74) is 7.53. The van der Waals surface area contributed by atoms with Gasteiger partial charge in [-0.25, -0.2) is 4.98 Å². The van der Waals surface area contributed by atoms with Crippen LogP contribution < -0.4 is 20.1 Å². The van der Waals surface area contributed by atoms with Crippen LogP contribution in [0.15, 0.2) is 30.6 Å². The Hall–Kier alpha value is -1.93. The Kier molecular flexibility index (Phi) is 7.82. The highest BCUT2D eigenvalue weighted by molar-refractivity contribution is 6.32. The van der Waals surface area contributed by atoms with E-state index in [1.807, 2.05) is 22.9 Å². The van der Waals surface area contributed by atoms with Gasteiger partial charge >= 0.3 is 0 Å². The fourth-order valence-corrected chi connectivity index (χ4v) is 3.60. The zero-order chi connectivity index (χ0) is 19.0. The molecule has 3 aromatic rings. The van der Waals surface area contributed by atoms with Crippen molar-refractivity contribution >= 4 is 48.0 Å². The Morgan fingerprint density at radius 1 is 1.07 bits per heavy atom. The third kappa shape index (κ3) is 4.64. The number of imidazole rings is 1. The number of methoxy groups -OCH3 is 2. The minimum absolute atomic E-state index is 0. The van der Waals surface area contributed by atoms with E-state index in [0.717, 1.165) is 43.0 Å². The van der Waals surface area contributed by atoms with E-state index in [4.69, 9.17) is 31.8 Å². The summed E-state index contributed by atoms with van der Waals surface area (Å²) in [6.45, 7) is 1.83. The number of ether oxygens (including phenoxy) is 2. The summed E-state index contributed by atoms with van der Waals surface area (Å²) in [4.78, 5) is 11.7. The van der Waals surface area contributed by atoms with Crippen molar-refractivity contribution in [2.75, 3.05) is 32.2 Å². The average Bonchev–Trinajstić information content (AvgIpc) is 3.11. The van der Waals surface area contributed by atoms with Crippen molar-refractivity contribution in [2.24, 2.45) is 5.73 Å². The monoisotopic (exact) mass is 459 g/mol. The van der Waals surface area contributed by atoms with E-state index in [1.165, 1.54) is 0 Å². The Morgan fingerprint density at radius 3 is 2.41 bits per heavy atom. The van der Waals surface area contributed by atoms with Gasteiger partial charge in [-0.1, -0.05) is 11.6 Å². The van der Waals surface area contributed by atoms with E-state index in [2.05, 4.69) is 9.88 Å². The summed E-state index contributed by atoms with van der Waals surface area (Å²) < 4.78 is 12.7. The molecule has 0 radical (unpaired) electrons. The summed E-state index contributed by atoms with van der Waals surface area (Å²) >= 11 is 6.30. The molecule has 1 aliphatic heterocycles. The van der Waals surface area contributed by atoms with Gasteiger partial charge in [0.05, 0.1) is 24.9 Å². The molecule has 2 N–H and O–H groups in total. The molecule has 29 heavy (non-hydrogen) atoms. The maximum absolute atomic E-state index is 6.30. The summed E-state index contributed by atoms with van der Waals surface area (Å²) in [5.74, 6) is 2.76. The van der Waals surface area contributed by atoms with Crippen molar-refractivity contribution in [1.82, 2.24) is 14.4 Å². The predicted octanol–water partition coefficient (Wildman–Crippen LogP) is 3.84. The zero-order valence-electron chi connectivity index (χ0n) is 16.2. The number of benzene rings is 1. The van der Waals surface area contributed by atoms with Crippen molar-refractivity contribution in [2.45, 2.75) is 18.9 Å². The first-order chi connectivity index (χ1) is 13.1. The molecule has 1 aromatic carbocycles. The molecule has 1 saturated heterocycles. The number of aromatic nitrogens is 3. The molecule has 2 aromatic heterocycles. The van der Waals surface area contributed by atoms with Gasteiger partial charge < -0.3 is 20.1 Å². The lowest BCUT2D eigenvalue weighted by Gasteiger charge is -2.30. The number of nitrogens with zero attached hydrogens (tertiary/aromatic N) is 4. The number of piperidine rings is 1. The Labute approximate surface area is 187 Å². The normalized spacial score (nSPS) is 14.3. The van der Waals surface area contributed by atoms with E-state index in [-0.39, 0.29) is 30.9 Å². The average molecular weight is 461 g/mol. The molecule has 0 saturated carbocycles. The van der Waals surface area contributed by atoms with E-state index in [1.54, 1.807) is 26.4 Å². The first-order valence-electron chi connectivity index (χ1n) is 8.87. The Bertz CT molecular complexity index is 974. The van der Waals surface area contributed by atoms with Crippen LogP contribution in [0.3, 0.4) is 0 Å². The van der Waals surface area contributed by atoms with Crippen LogP contribution in [0.25, 0.3) is 17.0 Å². The van der Waals surface area contributed by atoms with Gasteiger partial charge in [0.1, 0.15) is 17.3 Å². The van der Waals surface area contributed by atoms with Crippen molar-refractivity contribution in [3.8, 4) is 22.8 Å². The van der Waals surface area contributed by atoms with Crippen molar-refractivity contribution < 1.29 is 9.47 Å². The molecule has 0 spiro atoms. The molecule has 3 heterocycles. The molecule has 1 fully saturated rings. The SMILES string of the molecule is COc1cc(OC)c(-c2cn3ccc(N4CCC(N)CC4)nc3n2)cc1Cl.Cl.Cl. The molecule has 0 unspecified atom stereocenters. The van der Waals surface area contributed by atoms with Gasteiger partial charge in [0.15, 0.2) is 0 Å². The van der Waals surface area contributed by atoms with Crippen LogP contribution in [-0.4, -0.2) is 47.7 Å². The number of hydrogen-bond acceptors (Lipinski definition) is 6. The lowest BCUT2D eigenvalue weighted by atomic mass is 10.1. The van der Waals surface area contributed by atoms with Crippen molar-refractivity contribution in [1.29, 1.82) is 0 Å². The smallest absolute Gasteiger partial charge is 0.236 e. The first kappa shape index (κ1) is 23.3. The van der Waals surface area contributed by atoms with Crippen LogP contribution in [0.4, 0.5) is 5.82 Å². The van der Waals surface area contributed by atoms with Crippen LogP contribution >= 0.6 is 36.4 Å². The molecule has 158 valence electrons. The fourth-order valence-electron chi connectivity index (χ4n) is 3.36. The highest BCUT2D eigenvalue weighted by Gasteiger charge is 2.19. The highest BCUT2D eigenvalue weighted by atomic mass is 35.5. The van der Waals surface area contributed by atoms with Gasteiger partial charge in [0, 0.05) is 43.2 Å². The summed E-state index contributed by atoms with van der Waals surface area (Å²) in [7, 11) is 3.18. The Balaban J connectivity index is 0.00000150. The number of fused-ring (bicyclic) bond motifs is 1. The second kappa shape index (κ2) is 9.71. The van der Waals surface area contributed by atoms with E-state index in [9.17, 15) is 0 Å². The lowest BCUT2D eigenvalue weighted by molar-refractivity contribution is 0.395. The number of rotatable bonds is 4. The number of hydrogen-bond donors (Lipinski definition) is 1. The molecular weight excluding hydrogens is 437 g/mol. The largest absolute Gasteiger partial charge is 0.496 e. The van der Waals surface area contributed by atoms with Crippen LogP contribution in [0.5, 0.6) is 11.5 Å². The quantitative estimate of drug-likeness (QED) is 0.637. The van der Waals surface area contributed by atoms with Gasteiger partial charge in [-0.2, -0.15) is 4.98 Å². The van der Waals surface area contributed by atoms with E-state index in [0.29, 0.717) is 22.3 Å². The predicted molar refractivity (Wildman–Crippen MR) is 120 cm³/mol. The van der Waals surface area contributed by atoms with Gasteiger partial charge in [0.2, 0.25) is 5.78 Å². The molecule has 1 aliphatic rings. The van der Waals surface area contributed by atoms with Gasteiger partial charge in [0.25, 0.3) is 0 Å². The topological polar surface area (TPSA) is 77.9 Å². The van der Waals surface area contributed by atoms with Crippen LogP contribution in [0, 0.1) is 0 Å². The van der Waals surface area contributed by atoms with Crippen LogP contribution in [0.2, 0.25) is 5.02 Å². The first-order valence-corrected chi connectivity index (χ1v) is 9.25. The van der Waals surface area contributed by atoms with Gasteiger partial charge in [-0.3, -0.25) is 4.40 Å². The fraction of sp³-hybridized carbons (Fsp3) is 0.368. The molecule has 0 bridgehead atoms. The summed E-state index contributed by atoms with van der Waals surface area (Å²) in [5, 5.41) is 0.503. The molecule has 7 nitrogen and oxygen atoms in total. The Morgan fingerprint density at radius 2 is 1.76 bits per heavy atom. The number of anilines is 1. The molecule has 0 atom stereocenters. The minimum atomic E-state index is 0. The number of nitrogens with two attached hydrogens (primary N) is 1. The second-order valence-electron chi connectivity index (χ2n) is 6.63. The van der Waals surface area contributed by atoms with Gasteiger partial charge in [-0.05, 0) is 25.0 Å². The molecule has 4 rings (SSSR count). The van der Waals surface area contributed by atoms with E-state index >= 15 is 0 Å². The third-order valence-corrected chi connectivity index (χ3v) is 5.22. The molecular formula is C19H24Cl3N5O2.